The highest BCUT2D eigenvalue weighted by atomic mass is 35.5. The van der Waals surface area contributed by atoms with E-state index in [1.807, 2.05) is 34.9 Å². The zero-order chi connectivity index (χ0) is 19.0. The number of nitrogens with zero attached hydrogens (tertiary/aromatic N) is 4. The minimum Gasteiger partial charge on any atom is -0.382 e. The third-order valence-corrected chi connectivity index (χ3v) is 5.16. The van der Waals surface area contributed by atoms with Crippen molar-refractivity contribution in [1.82, 2.24) is 19.5 Å². The molecule has 4 rings (SSSR count). The number of hydrogen-bond donors (Lipinski definition) is 1. The number of aromatic nitrogens is 4. The number of anilines is 1. The van der Waals surface area contributed by atoms with Gasteiger partial charge in [0.15, 0.2) is 17.3 Å². The molecule has 8 heteroatoms. The largest absolute Gasteiger partial charge is 0.382 e. The van der Waals surface area contributed by atoms with Crippen LogP contribution < -0.4 is 5.73 Å². The Kier molecular flexibility index (Phi) is 4.91. The van der Waals surface area contributed by atoms with Gasteiger partial charge in [0.25, 0.3) is 0 Å². The second-order valence-electron chi connectivity index (χ2n) is 6.07. The summed E-state index contributed by atoms with van der Waals surface area (Å²) < 4.78 is 1.84. The topological polar surface area (TPSA) is 69.6 Å². The van der Waals surface area contributed by atoms with Crippen LogP contribution in [0.4, 0.5) is 5.82 Å². The fourth-order valence-electron chi connectivity index (χ4n) is 2.83. The smallest absolute Gasteiger partial charge is 0.166 e. The van der Waals surface area contributed by atoms with Crippen molar-refractivity contribution in [2.24, 2.45) is 0 Å². The zero-order valence-corrected chi connectivity index (χ0v) is 16.3. The molecule has 5 nitrogen and oxygen atoms in total. The maximum atomic E-state index is 6.30. The minimum absolute atomic E-state index is 0.335. The first kappa shape index (κ1) is 18.0. The van der Waals surface area contributed by atoms with E-state index in [0.717, 1.165) is 11.1 Å². The summed E-state index contributed by atoms with van der Waals surface area (Å²) in [6, 6.07) is 13.0. The van der Waals surface area contributed by atoms with E-state index in [9.17, 15) is 0 Å². The fourth-order valence-corrected chi connectivity index (χ4v) is 3.48. The maximum Gasteiger partial charge on any atom is 0.166 e. The van der Waals surface area contributed by atoms with E-state index >= 15 is 0 Å². The van der Waals surface area contributed by atoms with Gasteiger partial charge in [-0.2, -0.15) is 0 Å². The average molecular weight is 419 g/mol. The van der Waals surface area contributed by atoms with E-state index in [4.69, 9.17) is 40.5 Å². The van der Waals surface area contributed by atoms with Crippen LogP contribution in [0.3, 0.4) is 0 Å². The minimum atomic E-state index is 0.335. The van der Waals surface area contributed by atoms with Crippen LogP contribution in [0, 0.1) is 0 Å². The quantitative estimate of drug-likeness (QED) is 0.508. The molecule has 0 saturated carbocycles. The molecule has 0 aromatic heterocycles. The molecule has 0 aliphatic carbocycles. The molecule has 0 unspecified atom stereocenters. The predicted molar refractivity (Wildman–Crippen MR) is 109 cm³/mol. The SMILES string of the molecule is Nc1ncn(Cc2c(Cl)cccc2Cl)c2nc(Cc3ccc(Cl)cc3)nc1-2. The van der Waals surface area contributed by atoms with Gasteiger partial charge in [-0.25, -0.2) is 15.0 Å². The lowest BCUT2D eigenvalue weighted by Gasteiger charge is -2.13. The van der Waals surface area contributed by atoms with Crippen molar-refractivity contribution < 1.29 is 0 Å². The predicted octanol–water partition coefficient (Wildman–Crippen LogP) is 4.96. The first-order valence-corrected chi connectivity index (χ1v) is 9.29. The van der Waals surface area contributed by atoms with Crippen molar-refractivity contribution in [3.05, 3.63) is 80.8 Å². The van der Waals surface area contributed by atoms with Crippen molar-refractivity contribution in [2.75, 3.05) is 5.73 Å². The van der Waals surface area contributed by atoms with Crippen molar-refractivity contribution in [3.63, 3.8) is 0 Å². The highest BCUT2D eigenvalue weighted by molar-refractivity contribution is 6.36. The van der Waals surface area contributed by atoms with Crippen LogP contribution >= 0.6 is 34.8 Å². The van der Waals surface area contributed by atoms with Gasteiger partial charge in [-0.3, -0.25) is 0 Å². The monoisotopic (exact) mass is 417 g/mol. The third kappa shape index (κ3) is 3.72. The maximum absolute atomic E-state index is 6.30. The van der Waals surface area contributed by atoms with E-state index in [2.05, 4.69) is 15.0 Å². The normalized spacial score (nSPS) is 11.2. The summed E-state index contributed by atoms with van der Waals surface area (Å²) in [5.41, 5.74) is 8.42. The molecule has 27 heavy (non-hydrogen) atoms. The first-order chi connectivity index (χ1) is 13.0. The van der Waals surface area contributed by atoms with Crippen LogP contribution in [0.15, 0.2) is 48.8 Å². The number of hydrogen-bond acceptors (Lipinski definition) is 4. The molecule has 0 atom stereocenters. The summed E-state index contributed by atoms with van der Waals surface area (Å²) in [6.07, 6.45) is 2.19. The number of rotatable bonds is 4. The standard InChI is InChI=1S/C19H14Cl3N5/c20-12-6-4-11(5-7-12)8-16-25-17-18(23)24-10-27(19(17)26-16)9-13-14(21)2-1-3-15(13)22/h1-7,10H,8-9,23H2. The molecule has 2 aliphatic heterocycles. The number of fused-ring (bicyclic) bond motifs is 1. The van der Waals surface area contributed by atoms with E-state index in [1.165, 1.54) is 0 Å². The molecular weight excluding hydrogens is 405 g/mol. The molecule has 0 bridgehead atoms. The van der Waals surface area contributed by atoms with Gasteiger partial charge < -0.3 is 10.3 Å². The van der Waals surface area contributed by atoms with Crippen LogP contribution in [-0.2, 0) is 13.0 Å². The molecule has 136 valence electrons. The average Bonchev–Trinajstić information content (AvgIpc) is 3.07. The Hall–Kier alpha value is -2.34. The van der Waals surface area contributed by atoms with Gasteiger partial charge in [-0.1, -0.05) is 53.0 Å². The van der Waals surface area contributed by atoms with Gasteiger partial charge in [0, 0.05) is 27.1 Å². The van der Waals surface area contributed by atoms with Crippen molar-refractivity contribution in [2.45, 2.75) is 13.0 Å². The second kappa shape index (κ2) is 7.35. The highest BCUT2D eigenvalue weighted by Gasteiger charge is 2.20. The van der Waals surface area contributed by atoms with E-state index in [-0.39, 0.29) is 0 Å². The molecule has 0 fully saturated rings. The summed E-state index contributed by atoms with van der Waals surface area (Å²) in [5.74, 6) is 1.63. The lowest BCUT2D eigenvalue weighted by Crippen LogP contribution is -2.09. The van der Waals surface area contributed by atoms with Crippen LogP contribution in [-0.4, -0.2) is 19.5 Å². The van der Waals surface area contributed by atoms with Crippen LogP contribution in [0.1, 0.15) is 17.0 Å². The number of imidazole rings is 1. The van der Waals surface area contributed by atoms with Gasteiger partial charge in [0.2, 0.25) is 0 Å². The van der Waals surface area contributed by atoms with Crippen LogP contribution in [0.2, 0.25) is 15.1 Å². The van der Waals surface area contributed by atoms with Gasteiger partial charge >= 0.3 is 0 Å². The van der Waals surface area contributed by atoms with Crippen LogP contribution in [0.25, 0.3) is 11.5 Å². The number of nitrogens with two attached hydrogens (primary N) is 1. The number of benzene rings is 2. The second-order valence-corrected chi connectivity index (χ2v) is 7.32. The molecule has 0 saturated heterocycles. The van der Waals surface area contributed by atoms with Gasteiger partial charge in [-0.15, -0.1) is 0 Å². The Morgan fingerprint density at radius 3 is 2.33 bits per heavy atom. The van der Waals surface area contributed by atoms with E-state index < -0.39 is 0 Å². The summed E-state index contributed by atoms with van der Waals surface area (Å²) in [6.45, 7) is 0.418. The molecule has 2 aromatic rings. The summed E-state index contributed by atoms with van der Waals surface area (Å²) >= 11 is 18.5. The zero-order valence-electron chi connectivity index (χ0n) is 14.0. The number of halogens is 3. The Morgan fingerprint density at radius 1 is 0.926 bits per heavy atom. The molecule has 0 amide bonds. The Morgan fingerprint density at radius 2 is 1.63 bits per heavy atom. The Balaban J connectivity index is 1.71. The summed E-state index contributed by atoms with van der Waals surface area (Å²) in [7, 11) is 0. The fraction of sp³-hybridized carbons (Fsp3) is 0.105. The highest BCUT2D eigenvalue weighted by Crippen LogP contribution is 2.29. The van der Waals surface area contributed by atoms with Gasteiger partial charge in [-0.05, 0) is 29.8 Å². The Labute approximate surface area is 171 Å². The third-order valence-electron chi connectivity index (χ3n) is 4.20. The van der Waals surface area contributed by atoms with E-state index in [0.29, 0.717) is 51.2 Å². The molecule has 2 aromatic carbocycles. The van der Waals surface area contributed by atoms with Crippen molar-refractivity contribution >= 4 is 40.6 Å². The molecule has 2 heterocycles. The summed E-state index contributed by atoms with van der Waals surface area (Å²) in [5, 5.41) is 1.86. The van der Waals surface area contributed by atoms with Crippen molar-refractivity contribution in [1.29, 1.82) is 0 Å². The van der Waals surface area contributed by atoms with E-state index in [1.54, 1.807) is 18.5 Å². The number of nitrogen functional groups attached to an aromatic ring is 1. The molecule has 2 N–H and O–H groups in total. The molecular formula is C19H14Cl3N5. The van der Waals surface area contributed by atoms with Crippen LogP contribution in [0.5, 0.6) is 0 Å². The van der Waals surface area contributed by atoms with Crippen molar-refractivity contribution in [3.8, 4) is 11.5 Å². The Bertz CT molecular complexity index is 1060. The molecule has 0 radical (unpaired) electrons. The summed E-state index contributed by atoms with van der Waals surface area (Å²) in [4.78, 5) is 13.4. The van der Waals surface area contributed by atoms with Gasteiger partial charge in [0.1, 0.15) is 5.82 Å². The lowest BCUT2D eigenvalue weighted by molar-refractivity contribution is 0.761. The lowest BCUT2D eigenvalue weighted by atomic mass is 10.1. The van der Waals surface area contributed by atoms with Gasteiger partial charge in [0.05, 0.1) is 12.9 Å². The molecule has 2 aliphatic rings. The molecule has 0 spiro atoms. The first-order valence-electron chi connectivity index (χ1n) is 8.16.